The van der Waals surface area contributed by atoms with E-state index in [1.54, 1.807) is 0 Å². The molecule has 1 heterocycles. The Labute approximate surface area is 167 Å². The summed E-state index contributed by atoms with van der Waals surface area (Å²) in [5.41, 5.74) is 1.14. The molecule has 1 aromatic rings. The van der Waals surface area contributed by atoms with E-state index < -0.39 is 0 Å². The minimum atomic E-state index is -0.354. The average Bonchev–Trinajstić information content (AvgIpc) is 2.71. The van der Waals surface area contributed by atoms with Gasteiger partial charge in [0.25, 0.3) is 0 Å². The van der Waals surface area contributed by atoms with E-state index in [1.807, 2.05) is 30.3 Å². The van der Waals surface area contributed by atoms with Crippen molar-refractivity contribution in [3.8, 4) is 0 Å². The summed E-state index contributed by atoms with van der Waals surface area (Å²) >= 11 is 0. The molecule has 1 N–H and O–H groups in total. The predicted octanol–water partition coefficient (Wildman–Crippen LogP) is 5.73. The maximum Gasteiger partial charge on any atom is 0.0802 e. The number of nitrogens with zero attached hydrogens (tertiary/aromatic N) is 1. The van der Waals surface area contributed by atoms with Gasteiger partial charge in [-0.15, -0.1) is 0 Å². The highest BCUT2D eigenvalue weighted by Gasteiger charge is 2.34. The van der Waals surface area contributed by atoms with Gasteiger partial charge in [0.15, 0.2) is 0 Å². The van der Waals surface area contributed by atoms with Crippen LogP contribution in [0.5, 0.6) is 0 Å². The maximum absolute atomic E-state index is 10.4. The van der Waals surface area contributed by atoms with Gasteiger partial charge in [0.05, 0.1) is 11.7 Å². The summed E-state index contributed by atoms with van der Waals surface area (Å²) in [7, 11) is 0. The van der Waals surface area contributed by atoms with Crippen LogP contribution in [0.25, 0.3) is 0 Å². The Morgan fingerprint density at radius 1 is 1.00 bits per heavy atom. The summed E-state index contributed by atoms with van der Waals surface area (Å²) in [6.45, 7) is 8.61. The van der Waals surface area contributed by atoms with Gasteiger partial charge in [-0.2, -0.15) is 0 Å². The number of benzene rings is 1. The highest BCUT2D eigenvalue weighted by Crippen LogP contribution is 2.32. The van der Waals surface area contributed by atoms with Crippen LogP contribution in [-0.4, -0.2) is 41.8 Å². The van der Waals surface area contributed by atoms with Crippen LogP contribution in [0.1, 0.15) is 89.7 Å². The fourth-order valence-electron chi connectivity index (χ4n) is 4.14. The van der Waals surface area contributed by atoms with Crippen molar-refractivity contribution >= 4 is 0 Å². The summed E-state index contributed by atoms with van der Waals surface area (Å²) in [5.74, 6) is 0. The molecule has 0 amide bonds. The lowest BCUT2D eigenvalue weighted by Gasteiger charge is -2.42. The van der Waals surface area contributed by atoms with Gasteiger partial charge < -0.3 is 14.7 Å². The molecule has 3 nitrogen and oxygen atoms in total. The summed E-state index contributed by atoms with van der Waals surface area (Å²) in [6.07, 6.45) is 11.6. The molecule has 3 heteroatoms. The van der Waals surface area contributed by atoms with Crippen molar-refractivity contribution in [2.24, 2.45) is 0 Å². The van der Waals surface area contributed by atoms with Crippen molar-refractivity contribution in [3.05, 3.63) is 35.9 Å². The lowest BCUT2D eigenvalue weighted by molar-refractivity contribution is -0.0920. The predicted molar refractivity (Wildman–Crippen MR) is 114 cm³/mol. The number of aliphatic hydroxyl groups excluding tert-OH is 1. The third-order valence-corrected chi connectivity index (χ3v) is 6.06. The third-order valence-electron chi connectivity index (χ3n) is 6.06. The quantitative estimate of drug-likeness (QED) is 0.447. The third kappa shape index (κ3) is 7.93. The van der Waals surface area contributed by atoms with Crippen molar-refractivity contribution in [2.45, 2.75) is 89.8 Å². The van der Waals surface area contributed by atoms with Gasteiger partial charge in [0.1, 0.15) is 0 Å². The molecule has 0 spiro atoms. The zero-order valence-electron chi connectivity index (χ0n) is 17.7. The van der Waals surface area contributed by atoms with Crippen LogP contribution in [0.3, 0.4) is 0 Å². The molecule has 1 unspecified atom stereocenters. The molecule has 1 fully saturated rings. The molecule has 1 aliphatic heterocycles. The van der Waals surface area contributed by atoms with Gasteiger partial charge >= 0.3 is 0 Å². The molecule has 1 saturated heterocycles. The standard InChI is InChI=1S/C24H41NO2/c1-3-5-10-15-24(27-21-11-6-4-2)16-19-25(20-17-24)18-14-23(26)22-12-8-7-9-13-22/h7-9,12-13,23,26H,3-6,10-11,14-21H2,1-2H3. The fourth-order valence-corrected chi connectivity index (χ4v) is 4.14. The van der Waals surface area contributed by atoms with E-state index in [9.17, 15) is 5.11 Å². The Hall–Kier alpha value is -0.900. The van der Waals surface area contributed by atoms with Crippen LogP contribution in [0.2, 0.25) is 0 Å². The van der Waals surface area contributed by atoms with Crippen molar-refractivity contribution in [1.29, 1.82) is 0 Å². The van der Waals surface area contributed by atoms with Crippen LogP contribution >= 0.6 is 0 Å². The first-order valence-corrected chi connectivity index (χ1v) is 11.3. The van der Waals surface area contributed by atoms with E-state index in [0.29, 0.717) is 0 Å². The van der Waals surface area contributed by atoms with Crippen molar-refractivity contribution in [2.75, 3.05) is 26.2 Å². The van der Waals surface area contributed by atoms with E-state index in [0.717, 1.165) is 51.1 Å². The normalized spacial score (nSPS) is 18.5. The van der Waals surface area contributed by atoms with Crippen molar-refractivity contribution in [3.63, 3.8) is 0 Å². The second kappa shape index (κ2) is 12.5. The molecule has 0 saturated carbocycles. The Bertz CT molecular complexity index is 482. The monoisotopic (exact) mass is 375 g/mol. The van der Waals surface area contributed by atoms with E-state index in [4.69, 9.17) is 4.74 Å². The lowest BCUT2D eigenvalue weighted by Crippen LogP contribution is -2.46. The lowest BCUT2D eigenvalue weighted by atomic mass is 9.85. The molecule has 154 valence electrons. The van der Waals surface area contributed by atoms with Gasteiger partial charge in [-0.1, -0.05) is 76.3 Å². The number of likely N-dealkylation sites (tertiary alicyclic amines) is 1. The summed E-state index contributed by atoms with van der Waals surface area (Å²) < 4.78 is 6.49. The summed E-state index contributed by atoms with van der Waals surface area (Å²) in [6, 6.07) is 10.0. The second-order valence-electron chi connectivity index (χ2n) is 8.25. The molecule has 1 aliphatic rings. The first-order chi connectivity index (χ1) is 13.2. The zero-order chi connectivity index (χ0) is 19.4. The number of rotatable bonds is 13. The van der Waals surface area contributed by atoms with Gasteiger partial charge in [-0.3, -0.25) is 0 Å². The van der Waals surface area contributed by atoms with E-state index in [2.05, 4.69) is 18.7 Å². The SMILES string of the molecule is CCCCCOC1(CCCCC)CCN(CCC(O)c2ccccc2)CC1. The number of aliphatic hydroxyl groups is 1. The molecular weight excluding hydrogens is 334 g/mol. The summed E-state index contributed by atoms with van der Waals surface area (Å²) in [5, 5.41) is 10.4. The molecule has 0 aromatic heterocycles. The highest BCUT2D eigenvalue weighted by atomic mass is 16.5. The number of ether oxygens (including phenoxy) is 1. The van der Waals surface area contributed by atoms with Gasteiger partial charge in [0, 0.05) is 26.2 Å². The number of unbranched alkanes of at least 4 members (excludes halogenated alkanes) is 4. The van der Waals surface area contributed by atoms with Gasteiger partial charge in [-0.25, -0.2) is 0 Å². The molecule has 1 atom stereocenters. The van der Waals surface area contributed by atoms with E-state index in [1.165, 1.54) is 44.9 Å². The van der Waals surface area contributed by atoms with Crippen molar-refractivity contribution < 1.29 is 9.84 Å². The van der Waals surface area contributed by atoms with E-state index in [-0.39, 0.29) is 11.7 Å². The maximum atomic E-state index is 10.4. The molecule has 0 bridgehead atoms. The van der Waals surface area contributed by atoms with Gasteiger partial charge in [-0.05, 0) is 37.7 Å². The first kappa shape index (κ1) is 22.4. The largest absolute Gasteiger partial charge is 0.388 e. The molecule has 1 aromatic carbocycles. The molecular formula is C24H41NO2. The molecule has 2 rings (SSSR count). The van der Waals surface area contributed by atoms with Crippen LogP contribution in [0, 0.1) is 0 Å². The Balaban J connectivity index is 1.77. The topological polar surface area (TPSA) is 32.7 Å². The summed E-state index contributed by atoms with van der Waals surface area (Å²) in [4.78, 5) is 2.51. The molecule has 27 heavy (non-hydrogen) atoms. The van der Waals surface area contributed by atoms with Crippen molar-refractivity contribution in [1.82, 2.24) is 4.90 Å². The fraction of sp³-hybridized carbons (Fsp3) is 0.750. The van der Waals surface area contributed by atoms with E-state index >= 15 is 0 Å². The number of hydrogen-bond acceptors (Lipinski definition) is 3. The second-order valence-corrected chi connectivity index (χ2v) is 8.25. The highest BCUT2D eigenvalue weighted by molar-refractivity contribution is 5.17. The minimum absolute atomic E-state index is 0.109. The Morgan fingerprint density at radius 3 is 2.33 bits per heavy atom. The number of hydrogen-bond donors (Lipinski definition) is 1. The Morgan fingerprint density at radius 2 is 1.67 bits per heavy atom. The molecule has 0 radical (unpaired) electrons. The minimum Gasteiger partial charge on any atom is -0.388 e. The Kier molecular flexibility index (Phi) is 10.4. The smallest absolute Gasteiger partial charge is 0.0802 e. The van der Waals surface area contributed by atoms with Crippen LogP contribution in [0.15, 0.2) is 30.3 Å². The van der Waals surface area contributed by atoms with Gasteiger partial charge in [0.2, 0.25) is 0 Å². The number of piperidine rings is 1. The van der Waals surface area contributed by atoms with Crippen LogP contribution in [0.4, 0.5) is 0 Å². The van der Waals surface area contributed by atoms with Crippen LogP contribution < -0.4 is 0 Å². The zero-order valence-corrected chi connectivity index (χ0v) is 17.7. The first-order valence-electron chi connectivity index (χ1n) is 11.3. The van der Waals surface area contributed by atoms with Crippen LogP contribution in [-0.2, 0) is 4.74 Å². The molecule has 0 aliphatic carbocycles. The average molecular weight is 376 g/mol.